The summed E-state index contributed by atoms with van der Waals surface area (Å²) in [4.78, 5) is 16.4. The largest absolute Gasteiger partial charge is 0.342 e. The van der Waals surface area contributed by atoms with Crippen molar-refractivity contribution in [2.45, 2.75) is 26.8 Å². The molecule has 6 heteroatoms. The van der Waals surface area contributed by atoms with E-state index in [1.54, 1.807) is 18.3 Å². The molecule has 0 aliphatic heterocycles. The Morgan fingerprint density at radius 1 is 1.50 bits per heavy atom. The minimum Gasteiger partial charge on any atom is -0.342 e. The van der Waals surface area contributed by atoms with Crippen molar-refractivity contribution < 1.29 is 4.79 Å². The summed E-state index contributed by atoms with van der Waals surface area (Å²) in [7, 11) is 0. The number of anilines is 1. The van der Waals surface area contributed by atoms with Crippen molar-refractivity contribution in [2.75, 3.05) is 5.32 Å². The second-order valence-electron chi connectivity index (χ2n) is 4.54. The molecule has 0 aliphatic rings. The number of amides is 1. The summed E-state index contributed by atoms with van der Waals surface area (Å²) in [5.74, 6) is -0.196. The van der Waals surface area contributed by atoms with Crippen molar-refractivity contribution >= 4 is 39.1 Å². The molecule has 20 heavy (non-hydrogen) atoms. The molecule has 0 aliphatic carbocycles. The lowest BCUT2D eigenvalue weighted by Gasteiger charge is -2.10. The molecule has 2 rings (SSSR count). The van der Waals surface area contributed by atoms with Gasteiger partial charge >= 0.3 is 0 Å². The zero-order valence-corrected chi connectivity index (χ0v) is 13.6. The van der Waals surface area contributed by atoms with E-state index >= 15 is 0 Å². The lowest BCUT2D eigenvalue weighted by Crippen LogP contribution is -2.17. The normalized spacial score (nSPS) is 10.6. The van der Waals surface area contributed by atoms with E-state index in [0.29, 0.717) is 11.4 Å². The average molecular weight is 357 g/mol. The van der Waals surface area contributed by atoms with Gasteiger partial charge in [0.1, 0.15) is 5.69 Å². The highest BCUT2D eigenvalue weighted by Crippen LogP contribution is 2.22. The molecule has 0 radical (unpaired) electrons. The minimum absolute atomic E-state index is 0.196. The van der Waals surface area contributed by atoms with Crippen molar-refractivity contribution in [3.63, 3.8) is 0 Å². The van der Waals surface area contributed by atoms with Gasteiger partial charge in [-0.25, -0.2) is 4.98 Å². The molecule has 0 saturated carbocycles. The first kappa shape index (κ1) is 15.1. The monoisotopic (exact) mass is 355 g/mol. The quantitative estimate of drug-likeness (QED) is 0.832. The Labute approximate surface area is 131 Å². The third kappa shape index (κ3) is 3.41. The maximum absolute atomic E-state index is 12.3. The second-order valence-corrected chi connectivity index (χ2v) is 5.82. The van der Waals surface area contributed by atoms with Gasteiger partial charge in [-0.2, -0.15) is 0 Å². The fraction of sp³-hybridized carbons (Fsp3) is 0.286. The number of hydrogen-bond acceptors (Lipinski definition) is 2. The molecule has 2 aromatic rings. The van der Waals surface area contributed by atoms with Crippen molar-refractivity contribution in [3.8, 4) is 0 Å². The maximum atomic E-state index is 12.3. The second kappa shape index (κ2) is 6.41. The minimum atomic E-state index is -0.196. The van der Waals surface area contributed by atoms with Gasteiger partial charge in [0.25, 0.3) is 5.91 Å². The Morgan fingerprint density at radius 3 is 2.95 bits per heavy atom. The number of aryl methyl sites for hydroxylation is 2. The fourth-order valence-electron chi connectivity index (χ4n) is 1.92. The van der Waals surface area contributed by atoms with Crippen LogP contribution in [0.1, 0.15) is 29.4 Å². The number of nitrogens with one attached hydrogen (secondary N) is 1. The van der Waals surface area contributed by atoms with Crippen LogP contribution in [0.15, 0.2) is 29.0 Å². The Morgan fingerprint density at radius 2 is 2.25 bits per heavy atom. The van der Waals surface area contributed by atoms with Crippen LogP contribution in [0.25, 0.3) is 0 Å². The van der Waals surface area contributed by atoms with Gasteiger partial charge in [-0.05, 0) is 47.0 Å². The molecule has 0 fully saturated rings. The van der Waals surface area contributed by atoms with Crippen LogP contribution in [0.5, 0.6) is 0 Å². The number of carbonyl (C=O) groups excluding carboxylic acids is 1. The van der Waals surface area contributed by atoms with Crippen LogP contribution in [0.3, 0.4) is 0 Å². The van der Waals surface area contributed by atoms with Crippen molar-refractivity contribution in [3.05, 3.63) is 45.4 Å². The molecular weight excluding hydrogens is 342 g/mol. The lowest BCUT2D eigenvalue weighted by atomic mass is 10.3. The van der Waals surface area contributed by atoms with Gasteiger partial charge in [0.15, 0.2) is 5.15 Å². The third-order valence-corrected chi connectivity index (χ3v) is 3.52. The summed E-state index contributed by atoms with van der Waals surface area (Å²) in [6.07, 6.45) is 4.51. The zero-order chi connectivity index (χ0) is 14.7. The van der Waals surface area contributed by atoms with Gasteiger partial charge in [0.2, 0.25) is 0 Å². The molecule has 4 nitrogen and oxygen atoms in total. The summed E-state index contributed by atoms with van der Waals surface area (Å²) in [6.45, 7) is 4.75. The van der Waals surface area contributed by atoms with Gasteiger partial charge < -0.3 is 9.88 Å². The van der Waals surface area contributed by atoms with E-state index in [4.69, 9.17) is 11.6 Å². The van der Waals surface area contributed by atoms with Gasteiger partial charge in [0.05, 0.1) is 5.69 Å². The Bertz CT molecular complexity index is 639. The molecule has 1 amide bonds. The molecule has 0 bridgehead atoms. The Hall–Kier alpha value is -1.33. The van der Waals surface area contributed by atoms with Crippen LogP contribution in [-0.2, 0) is 6.54 Å². The van der Waals surface area contributed by atoms with E-state index < -0.39 is 0 Å². The summed E-state index contributed by atoms with van der Waals surface area (Å²) in [6, 6.07) is 3.59. The number of aromatic nitrogens is 2. The molecule has 2 aromatic heterocycles. The highest BCUT2D eigenvalue weighted by atomic mass is 79.9. The van der Waals surface area contributed by atoms with Crippen LogP contribution >= 0.6 is 27.5 Å². The molecule has 106 valence electrons. The van der Waals surface area contributed by atoms with E-state index in [0.717, 1.165) is 23.0 Å². The SMILES string of the molecule is CCCn1cc(Br)cc1C(=O)Nc1cc(C)cnc1Cl. The van der Waals surface area contributed by atoms with Gasteiger partial charge in [-0.1, -0.05) is 18.5 Å². The summed E-state index contributed by atoms with van der Waals surface area (Å²) in [5, 5.41) is 3.09. The van der Waals surface area contributed by atoms with E-state index in [1.807, 2.05) is 17.7 Å². The topological polar surface area (TPSA) is 46.9 Å². The van der Waals surface area contributed by atoms with E-state index in [-0.39, 0.29) is 11.1 Å². The fourth-order valence-corrected chi connectivity index (χ4v) is 2.53. The highest BCUT2D eigenvalue weighted by Gasteiger charge is 2.14. The molecule has 2 heterocycles. The number of hydrogen-bond donors (Lipinski definition) is 1. The predicted molar refractivity (Wildman–Crippen MR) is 84.4 cm³/mol. The van der Waals surface area contributed by atoms with Crippen molar-refractivity contribution in [2.24, 2.45) is 0 Å². The van der Waals surface area contributed by atoms with Crippen LogP contribution in [0.4, 0.5) is 5.69 Å². The average Bonchev–Trinajstić information content (AvgIpc) is 2.75. The van der Waals surface area contributed by atoms with Gasteiger partial charge in [-0.15, -0.1) is 0 Å². The maximum Gasteiger partial charge on any atom is 0.272 e. The van der Waals surface area contributed by atoms with Gasteiger partial charge in [0, 0.05) is 23.4 Å². The van der Waals surface area contributed by atoms with E-state index in [2.05, 4.69) is 33.2 Å². The molecular formula is C14H15BrClN3O. The lowest BCUT2D eigenvalue weighted by molar-refractivity contribution is 0.101. The summed E-state index contributed by atoms with van der Waals surface area (Å²) in [5.41, 5.74) is 2.06. The summed E-state index contributed by atoms with van der Waals surface area (Å²) >= 11 is 9.39. The van der Waals surface area contributed by atoms with Crippen molar-refractivity contribution in [1.82, 2.24) is 9.55 Å². The first-order valence-corrected chi connectivity index (χ1v) is 7.47. The number of rotatable bonds is 4. The molecule has 0 unspecified atom stereocenters. The Balaban J connectivity index is 2.26. The van der Waals surface area contributed by atoms with Crippen LogP contribution in [0, 0.1) is 6.92 Å². The molecule has 0 spiro atoms. The standard InChI is InChI=1S/C14H15BrClN3O/c1-3-4-19-8-10(15)6-12(19)14(20)18-11-5-9(2)7-17-13(11)16/h5-8H,3-4H2,1-2H3,(H,18,20). The molecule has 0 aromatic carbocycles. The smallest absolute Gasteiger partial charge is 0.272 e. The first-order valence-electron chi connectivity index (χ1n) is 6.30. The van der Waals surface area contributed by atoms with E-state index in [1.165, 1.54) is 0 Å². The zero-order valence-electron chi connectivity index (χ0n) is 11.3. The molecule has 0 saturated heterocycles. The van der Waals surface area contributed by atoms with Crippen molar-refractivity contribution in [1.29, 1.82) is 0 Å². The Kier molecular flexibility index (Phi) is 4.83. The third-order valence-electron chi connectivity index (χ3n) is 2.78. The molecule has 1 N–H and O–H groups in total. The number of nitrogens with zero attached hydrogens (tertiary/aromatic N) is 2. The first-order chi connectivity index (χ1) is 9.51. The van der Waals surface area contributed by atoms with Gasteiger partial charge in [-0.3, -0.25) is 4.79 Å². The molecule has 0 atom stereocenters. The number of carbonyl (C=O) groups is 1. The summed E-state index contributed by atoms with van der Waals surface area (Å²) < 4.78 is 2.79. The van der Waals surface area contributed by atoms with E-state index in [9.17, 15) is 4.79 Å². The van der Waals surface area contributed by atoms with Crippen LogP contribution in [-0.4, -0.2) is 15.5 Å². The highest BCUT2D eigenvalue weighted by molar-refractivity contribution is 9.10. The predicted octanol–water partition coefficient (Wildman–Crippen LogP) is 4.27. The number of pyridine rings is 1. The number of halogens is 2. The van der Waals surface area contributed by atoms with Crippen LogP contribution < -0.4 is 5.32 Å². The van der Waals surface area contributed by atoms with Crippen LogP contribution in [0.2, 0.25) is 5.15 Å².